The molecule has 0 saturated carbocycles. The number of aromatic nitrogens is 1. The predicted octanol–water partition coefficient (Wildman–Crippen LogP) is 3.35. The molecule has 0 unspecified atom stereocenters. The fraction of sp³-hybridized carbons (Fsp3) is 0.571. The summed E-state index contributed by atoms with van der Waals surface area (Å²) in [4.78, 5) is 10.3. The summed E-state index contributed by atoms with van der Waals surface area (Å²) in [6.45, 7) is 7.99. The molecule has 0 radical (unpaired) electrons. The lowest BCUT2D eigenvalue weighted by Crippen LogP contribution is -2.47. The Morgan fingerprint density at radius 1 is 1.27 bits per heavy atom. The first-order valence-corrected chi connectivity index (χ1v) is 9.91. The topological polar surface area (TPSA) is 52.6 Å². The number of fused-ring (bicyclic) bond motifs is 1. The molecule has 1 aromatic carbocycles. The van der Waals surface area contributed by atoms with E-state index in [1.54, 1.807) is 0 Å². The van der Waals surface area contributed by atoms with Crippen LogP contribution in [0.3, 0.4) is 0 Å². The molecule has 0 spiro atoms. The zero-order valence-corrected chi connectivity index (χ0v) is 16.3. The predicted molar refractivity (Wildman–Crippen MR) is 109 cm³/mol. The lowest BCUT2D eigenvalue weighted by molar-refractivity contribution is 0.0264. The minimum atomic E-state index is 0.410. The highest BCUT2D eigenvalue weighted by Crippen LogP contribution is 2.22. The molecule has 2 N–H and O–H groups in total. The zero-order valence-electron chi connectivity index (χ0n) is 16.3. The van der Waals surface area contributed by atoms with Crippen LogP contribution in [0.2, 0.25) is 0 Å². The van der Waals surface area contributed by atoms with Gasteiger partial charge in [0.05, 0.1) is 6.10 Å². The summed E-state index contributed by atoms with van der Waals surface area (Å²) < 4.78 is 5.74. The summed E-state index contributed by atoms with van der Waals surface area (Å²) in [6.07, 6.45) is 6.77. The fourth-order valence-electron chi connectivity index (χ4n) is 3.89. The maximum atomic E-state index is 5.74. The van der Waals surface area contributed by atoms with Crippen LogP contribution >= 0.6 is 0 Å². The third kappa shape index (κ3) is 4.21. The Kier molecular flexibility index (Phi) is 6.56. The Balaban J connectivity index is 1.54. The number of benzene rings is 1. The van der Waals surface area contributed by atoms with Crippen LogP contribution < -0.4 is 5.32 Å². The lowest BCUT2D eigenvalue weighted by Gasteiger charge is -2.34. The highest BCUT2D eigenvalue weighted by Gasteiger charge is 2.21. The lowest BCUT2D eigenvalue weighted by atomic mass is 10.1. The van der Waals surface area contributed by atoms with E-state index in [9.17, 15) is 0 Å². The summed E-state index contributed by atoms with van der Waals surface area (Å²) in [5, 5.41) is 4.88. The van der Waals surface area contributed by atoms with E-state index in [4.69, 9.17) is 4.74 Å². The number of aromatic amines is 1. The third-order valence-electron chi connectivity index (χ3n) is 5.30. The molecule has 5 nitrogen and oxygen atoms in total. The second-order valence-corrected chi connectivity index (χ2v) is 6.87. The van der Waals surface area contributed by atoms with E-state index in [-0.39, 0.29) is 0 Å². The van der Waals surface area contributed by atoms with Crippen LogP contribution in [-0.2, 0) is 17.6 Å². The van der Waals surface area contributed by atoms with E-state index in [0.717, 1.165) is 57.9 Å². The van der Waals surface area contributed by atoms with E-state index in [2.05, 4.69) is 58.4 Å². The minimum Gasteiger partial charge on any atom is -0.378 e. The number of rotatable bonds is 6. The van der Waals surface area contributed by atoms with Gasteiger partial charge in [-0.25, -0.2) is 0 Å². The Morgan fingerprint density at radius 2 is 2.08 bits per heavy atom. The number of aryl methyl sites for hydroxylation is 1. The van der Waals surface area contributed by atoms with Gasteiger partial charge >= 0.3 is 0 Å². The quantitative estimate of drug-likeness (QED) is 0.616. The van der Waals surface area contributed by atoms with Crippen LogP contribution in [0, 0.1) is 0 Å². The molecule has 0 aliphatic carbocycles. The van der Waals surface area contributed by atoms with Gasteiger partial charge in [0, 0.05) is 50.4 Å². The van der Waals surface area contributed by atoms with Crippen molar-refractivity contribution < 1.29 is 4.74 Å². The number of para-hydroxylation sites is 1. The number of hydrogen-bond acceptors (Lipinski definition) is 2. The number of ether oxygens (including phenoxy) is 1. The van der Waals surface area contributed by atoms with E-state index < -0.39 is 0 Å². The van der Waals surface area contributed by atoms with Crippen LogP contribution in [0.1, 0.15) is 37.8 Å². The molecule has 1 aromatic heterocycles. The summed E-state index contributed by atoms with van der Waals surface area (Å²) in [7, 11) is 1.87. The number of hydrogen-bond donors (Lipinski definition) is 2. The van der Waals surface area contributed by atoms with Gasteiger partial charge in [0.25, 0.3) is 0 Å². The first-order chi connectivity index (χ1) is 12.8. The zero-order chi connectivity index (χ0) is 18.4. The van der Waals surface area contributed by atoms with Crippen LogP contribution in [0.25, 0.3) is 10.9 Å². The van der Waals surface area contributed by atoms with Gasteiger partial charge in [-0.15, -0.1) is 0 Å². The summed E-state index contributed by atoms with van der Waals surface area (Å²) in [5.41, 5.74) is 4.04. The molecule has 1 saturated heterocycles. The van der Waals surface area contributed by atoms with E-state index in [1.807, 2.05) is 7.05 Å². The third-order valence-corrected chi connectivity index (χ3v) is 5.30. The van der Waals surface area contributed by atoms with Gasteiger partial charge in [0.1, 0.15) is 0 Å². The molecule has 1 aliphatic rings. The average molecular weight is 357 g/mol. The van der Waals surface area contributed by atoms with Crippen molar-refractivity contribution in [3.8, 4) is 0 Å². The minimum absolute atomic E-state index is 0.410. The van der Waals surface area contributed by atoms with E-state index in [1.165, 1.54) is 22.0 Å². The molecule has 2 heterocycles. The van der Waals surface area contributed by atoms with Crippen LogP contribution in [0.4, 0.5) is 0 Å². The molecule has 2 aromatic rings. The van der Waals surface area contributed by atoms with Gasteiger partial charge in [0.15, 0.2) is 5.96 Å². The van der Waals surface area contributed by atoms with E-state index >= 15 is 0 Å². The molecular weight excluding hydrogens is 324 g/mol. The maximum Gasteiger partial charge on any atom is 0.193 e. The van der Waals surface area contributed by atoms with Gasteiger partial charge < -0.3 is 19.9 Å². The molecule has 26 heavy (non-hydrogen) atoms. The van der Waals surface area contributed by atoms with Crippen LogP contribution in [0.15, 0.2) is 29.4 Å². The van der Waals surface area contributed by atoms with Gasteiger partial charge in [-0.3, -0.25) is 4.99 Å². The first-order valence-electron chi connectivity index (χ1n) is 9.91. The average Bonchev–Trinajstić information content (AvgIpc) is 3.09. The van der Waals surface area contributed by atoms with Gasteiger partial charge in [0.2, 0.25) is 0 Å². The Bertz CT molecular complexity index is 729. The molecule has 0 atom stereocenters. The fourth-order valence-corrected chi connectivity index (χ4v) is 3.89. The number of piperidine rings is 1. The monoisotopic (exact) mass is 356 g/mol. The first kappa shape index (κ1) is 18.8. The van der Waals surface area contributed by atoms with E-state index in [0.29, 0.717) is 6.10 Å². The number of nitrogens with one attached hydrogen (secondary N) is 2. The molecule has 3 rings (SSSR count). The Labute approximate surface area is 156 Å². The molecule has 0 amide bonds. The van der Waals surface area contributed by atoms with Gasteiger partial charge in [-0.05, 0) is 43.7 Å². The molecule has 1 aliphatic heterocycles. The normalized spacial score (nSPS) is 16.4. The van der Waals surface area contributed by atoms with Crippen molar-refractivity contribution in [1.29, 1.82) is 0 Å². The highest BCUT2D eigenvalue weighted by molar-refractivity contribution is 5.86. The van der Waals surface area contributed by atoms with Gasteiger partial charge in [-0.1, -0.05) is 25.1 Å². The van der Waals surface area contributed by atoms with Crippen molar-refractivity contribution in [2.45, 2.75) is 45.6 Å². The van der Waals surface area contributed by atoms with Crippen molar-refractivity contribution in [2.24, 2.45) is 4.99 Å². The smallest absolute Gasteiger partial charge is 0.193 e. The molecular formula is C21H32N4O. The van der Waals surface area contributed by atoms with Crippen molar-refractivity contribution in [1.82, 2.24) is 15.2 Å². The highest BCUT2D eigenvalue weighted by atomic mass is 16.5. The molecule has 0 bridgehead atoms. The standard InChI is InChI=1S/C21H32N4O/c1-4-16-7-6-8-19-17(15-24-20(16)19)9-12-23-21(22-3)25-13-10-18(11-14-25)26-5-2/h6-8,15,18,24H,4-5,9-14H2,1-3H3,(H,22,23). The van der Waals surface area contributed by atoms with Crippen LogP contribution in [0.5, 0.6) is 0 Å². The molecule has 5 heteroatoms. The van der Waals surface area contributed by atoms with Gasteiger partial charge in [-0.2, -0.15) is 0 Å². The summed E-state index contributed by atoms with van der Waals surface area (Å²) in [6, 6.07) is 6.58. The van der Waals surface area contributed by atoms with Crippen molar-refractivity contribution >= 4 is 16.9 Å². The number of guanidine groups is 1. The SMILES string of the molecule is CCOC1CCN(C(=NC)NCCc2c[nH]c3c(CC)cccc23)CC1. The maximum absolute atomic E-state index is 5.74. The largest absolute Gasteiger partial charge is 0.378 e. The molecule has 142 valence electrons. The number of likely N-dealkylation sites (tertiary alicyclic amines) is 1. The number of aliphatic imine (C=N–C) groups is 1. The number of H-pyrrole nitrogens is 1. The summed E-state index contributed by atoms with van der Waals surface area (Å²) >= 11 is 0. The molecule has 1 fully saturated rings. The second-order valence-electron chi connectivity index (χ2n) is 6.87. The summed E-state index contributed by atoms with van der Waals surface area (Å²) in [5.74, 6) is 1.01. The number of nitrogens with zero attached hydrogens (tertiary/aromatic N) is 2. The Morgan fingerprint density at radius 3 is 2.77 bits per heavy atom. The van der Waals surface area contributed by atoms with Crippen molar-refractivity contribution in [2.75, 3.05) is 33.3 Å². The van der Waals surface area contributed by atoms with Crippen LogP contribution in [-0.4, -0.2) is 55.2 Å². The van der Waals surface area contributed by atoms with Crippen molar-refractivity contribution in [3.63, 3.8) is 0 Å². The second kappa shape index (κ2) is 9.08. The van der Waals surface area contributed by atoms with Crippen molar-refractivity contribution in [3.05, 3.63) is 35.5 Å². The Hall–Kier alpha value is -2.01.